The Morgan fingerprint density at radius 1 is 1.08 bits per heavy atom. The number of methoxy groups -OCH3 is 2. The first-order valence-corrected chi connectivity index (χ1v) is 13.5. The summed E-state index contributed by atoms with van der Waals surface area (Å²) >= 11 is 0. The molecular weight excluding hydrogens is 464 g/mol. The Hall–Kier alpha value is -2.83. The van der Waals surface area contributed by atoms with Crippen LogP contribution in [-0.4, -0.2) is 73.4 Å². The molecule has 0 radical (unpaired) electrons. The van der Waals surface area contributed by atoms with Gasteiger partial charge in [-0.2, -0.15) is 0 Å². The fourth-order valence-electron chi connectivity index (χ4n) is 6.52. The molecule has 0 bridgehead atoms. The fourth-order valence-corrected chi connectivity index (χ4v) is 6.52. The van der Waals surface area contributed by atoms with Crippen LogP contribution in [0.5, 0.6) is 11.5 Å². The van der Waals surface area contributed by atoms with Crippen molar-refractivity contribution in [1.82, 2.24) is 9.80 Å². The summed E-state index contributed by atoms with van der Waals surface area (Å²) in [4.78, 5) is 17.6. The van der Waals surface area contributed by atoms with Crippen molar-refractivity contribution in [2.45, 2.75) is 55.6 Å². The fraction of sp³-hybridized carbons (Fsp3) is 0.516. The monoisotopic (exact) mass is 504 g/mol. The van der Waals surface area contributed by atoms with E-state index in [0.717, 1.165) is 60.9 Å². The number of ether oxygens (including phenoxy) is 2. The third kappa shape index (κ3) is 5.27. The minimum Gasteiger partial charge on any atom is -0.497 e. The highest BCUT2D eigenvalue weighted by molar-refractivity contribution is 5.91. The number of benzene rings is 2. The van der Waals surface area contributed by atoms with Crippen molar-refractivity contribution < 1.29 is 19.4 Å². The molecule has 3 unspecified atom stereocenters. The van der Waals surface area contributed by atoms with E-state index >= 15 is 0 Å². The first-order chi connectivity index (χ1) is 17.9. The minimum absolute atomic E-state index is 0.0229. The smallest absolute Gasteiger partial charge is 0.246 e. The Morgan fingerprint density at radius 2 is 1.81 bits per heavy atom. The number of hydrogen-bond acceptors (Lipinski definition) is 5. The molecule has 1 saturated heterocycles. The summed E-state index contributed by atoms with van der Waals surface area (Å²) in [7, 11) is 5.22. The Bertz CT molecular complexity index is 1150. The van der Waals surface area contributed by atoms with E-state index in [-0.39, 0.29) is 11.9 Å². The van der Waals surface area contributed by atoms with Crippen LogP contribution < -0.4 is 9.47 Å². The SMILES string of the molecule is COc1cccc(/C=C/C(=O)N(C)C2CCC3(O)CN(CC4CC4)CCC3(c3cccc(OC)c3)C2)c1. The van der Waals surface area contributed by atoms with Gasteiger partial charge in [0.2, 0.25) is 5.91 Å². The molecule has 2 aliphatic carbocycles. The van der Waals surface area contributed by atoms with Crippen LogP contribution in [0.15, 0.2) is 54.6 Å². The predicted molar refractivity (Wildman–Crippen MR) is 146 cm³/mol. The van der Waals surface area contributed by atoms with E-state index < -0.39 is 11.0 Å². The molecule has 3 fully saturated rings. The van der Waals surface area contributed by atoms with Crippen LogP contribution >= 0.6 is 0 Å². The summed E-state index contributed by atoms with van der Waals surface area (Å²) in [6.07, 6.45) is 9.19. The zero-order chi connectivity index (χ0) is 26.0. The largest absolute Gasteiger partial charge is 0.497 e. The normalized spacial score (nSPS) is 28.1. The van der Waals surface area contributed by atoms with E-state index in [1.165, 1.54) is 12.8 Å². The lowest BCUT2D eigenvalue weighted by Crippen LogP contribution is -2.67. The van der Waals surface area contributed by atoms with Crippen molar-refractivity contribution >= 4 is 12.0 Å². The van der Waals surface area contributed by atoms with E-state index in [1.54, 1.807) is 20.3 Å². The van der Waals surface area contributed by atoms with Crippen molar-refractivity contribution in [1.29, 1.82) is 0 Å². The van der Waals surface area contributed by atoms with Gasteiger partial charge in [-0.1, -0.05) is 24.3 Å². The number of hydrogen-bond donors (Lipinski definition) is 1. The number of carbonyl (C=O) groups is 1. The molecule has 6 nitrogen and oxygen atoms in total. The number of likely N-dealkylation sites (N-methyl/N-ethyl adjacent to an activating group) is 1. The molecule has 0 aromatic heterocycles. The zero-order valence-corrected chi connectivity index (χ0v) is 22.4. The number of amides is 1. The Kier molecular flexibility index (Phi) is 7.32. The van der Waals surface area contributed by atoms with Crippen LogP contribution in [0.1, 0.15) is 49.7 Å². The average molecular weight is 505 g/mol. The Balaban J connectivity index is 1.38. The number of fused-ring (bicyclic) bond motifs is 1. The van der Waals surface area contributed by atoms with Gasteiger partial charge in [0.15, 0.2) is 0 Å². The second-order valence-corrected chi connectivity index (χ2v) is 11.2. The zero-order valence-electron chi connectivity index (χ0n) is 22.4. The molecule has 1 aliphatic heterocycles. The predicted octanol–water partition coefficient (Wildman–Crippen LogP) is 4.51. The van der Waals surface area contributed by atoms with Crippen LogP contribution in [0.3, 0.4) is 0 Å². The highest BCUT2D eigenvalue weighted by Gasteiger charge is 2.58. The van der Waals surface area contributed by atoms with Gasteiger partial charge in [0.05, 0.1) is 19.8 Å². The van der Waals surface area contributed by atoms with Crippen LogP contribution in [0, 0.1) is 5.92 Å². The van der Waals surface area contributed by atoms with Crippen molar-refractivity contribution in [2.24, 2.45) is 5.92 Å². The Labute approximate surface area is 220 Å². The van der Waals surface area contributed by atoms with Crippen molar-refractivity contribution in [3.63, 3.8) is 0 Å². The summed E-state index contributed by atoms with van der Waals surface area (Å²) in [5.41, 5.74) is 0.798. The quantitative estimate of drug-likeness (QED) is 0.536. The van der Waals surface area contributed by atoms with E-state index in [4.69, 9.17) is 9.47 Å². The molecule has 0 spiro atoms. The second kappa shape index (κ2) is 10.5. The highest BCUT2D eigenvalue weighted by atomic mass is 16.5. The average Bonchev–Trinajstić information content (AvgIpc) is 3.75. The molecule has 2 saturated carbocycles. The Morgan fingerprint density at radius 3 is 2.54 bits per heavy atom. The van der Waals surface area contributed by atoms with E-state index in [2.05, 4.69) is 17.0 Å². The van der Waals surface area contributed by atoms with Crippen molar-refractivity contribution in [2.75, 3.05) is 40.9 Å². The topological polar surface area (TPSA) is 62.2 Å². The standard InChI is InChI=1S/C31H40N2O4/c1-32(29(34)13-12-23-6-4-8-27(18-23)36-2)26-14-15-31(35)22-33(21-24-10-11-24)17-16-30(31,20-26)25-7-5-9-28(19-25)37-3/h4-9,12-13,18-19,24,26,35H,10-11,14-17,20-22H2,1-3H3/b13-12+. The van der Waals surface area contributed by atoms with E-state index in [0.29, 0.717) is 13.0 Å². The van der Waals surface area contributed by atoms with Gasteiger partial charge >= 0.3 is 0 Å². The molecule has 198 valence electrons. The molecule has 5 rings (SSSR count). The van der Waals surface area contributed by atoms with Gasteiger partial charge in [0.1, 0.15) is 11.5 Å². The number of aliphatic hydroxyl groups is 1. The van der Waals surface area contributed by atoms with Crippen LogP contribution in [0.2, 0.25) is 0 Å². The van der Waals surface area contributed by atoms with E-state index in [1.807, 2.05) is 54.4 Å². The summed E-state index contributed by atoms with van der Waals surface area (Å²) in [5.74, 6) is 2.35. The summed E-state index contributed by atoms with van der Waals surface area (Å²) in [5, 5.41) is 12.3. The molecule has 1 heterocycles. The first kappa shape index (κ1) is 25.8. The van der Waals surface area contributed by atoms with Gasteiger partial charge < -0.3 is 24.4 Å². The lowest BCUT2D eigenvalue weighted by molar-refractivity contribution is -0.144. The molecule has 2 aromatic rings. The maximum absolute atomic E-state index is 13.2. The lowest BCUT2D eigenvalue weighted by atomic mass is 9.55. The lowest BCUT2D eigenvalue weighted by Gasteiger charge is -2.59. The van der Waals surface area contributed by atoms with Gasteiger partial charge in [-0.05, 0) is 92.5 Å². The molecule has 3 atom stereocenters. The van der Waals surface area contributed by atoms with Gasteiger partial charge in [-0.15, -0.1) is 0 Å². The van der Waals surface area contributed by atoms with Crippen LogP contribution in [0.4, 0.5) is 0 Å². The van der Waals surface area contributed by atoms with Gasteiger partial charge in [0, 0.05) is 37.7 Å². The number of likely N-dealkylation sites (tertiary alicyclic amines) is 1. The maximum atomic E-state index is 13.2. The summed E-state index contributed by atoms with van der Waals surface area (Å²) in [6, 6.07) is 15.9. The molecule has 2 aromatic carbocycles. The van der Waals surface area contributed by atoms with Crippen LogP contribution in [-0.2, 0) is 10.2 Å². The number of piperidine rings is 1. The second-order valence-electron chi connectivity index (χ2n) is 11.2. The molecule has 1 amide bonds. The number of rotatable bonds is 8. The van der Waals surface area contributed by atoms with Gasteiger partial charge in [-0.3, -0.25) is 4.79 Å². The van der Waals surface area contributed by atoms with Crippen molar-refractivity contribution in [3.8, 4) is 11.5 Å². The summed E-state index contributed by atoms with van der Waals surface area (Å²) in [6.45, 7) is 2.75. The molecule has 6 heteroatoms. The third-order valence-corrected chi connectivity index (χ3v) is 8.95. The molecular formula is C31H40N2O4. The molecule has 1 N–H and O–H groups in total. The summed E-state index contributed by atoms with van der Waals surface area (Å²) < 4.78 is 10.9. The minimum atomic E-state index is -0.830. The van der Waals surface area contributed by atoms with Crippen molar-refractivity contribution in [3.05, 3.63) is 65.7 Å². The highest BCUT2D eigenvalue weighted by Crippen LogP contribution is 2.53. The van der Waals surface area contributed by atoms with E-state index in [9.17, 15) is 9.90 Å². The first-order valence-electron chi connectivity index (χ1n) is 13.5. The third-order valence-electron chi connectivity index (χ3n) is 8.95. The maximum Gasteiger partial charge on any atom is 0.246 e. The van der Waals surface area contributed by atoms with Gasteiger partial charge in [0.25, 0.3) is 0 Å². The molecule has 37 heavy (non-hydrogen) atoms. The number of carbonyl (C=O) groups excluding carboxylic acids is 1. The number of nitrogens with zero attached hydrogens (tertiary/aromatic N) is 2. The van der Waals surface area contributed by atoms with Crippen LogP contribution in [0.25, 0.3) is 6.08 Å². The van der Waals surface area contributed by atoms with Gasteiger partial charge in [-0.25, -0.2) is 0 Å². The number of β-amino-alcohol motifs (C(OH)–C–C–N with tert-alkyl or cyclic N) is 1. The molecule has 3 aliphatic rings.